The summed E-state index contributed by atoms with van der Waals surface area (Å²) in [4.78, 5) is 11.0. The molecule has 0 bridgehead atoms. The van der Waals surface area contributed by atoms with E-state index in [1.165, 1.54) is 0 Å². The van der Waals surface area contributed by atoms with Crippen molar-refractivity contribution in [3.63, 3.8) is 0 Å². The van der Waals surface area contributed by atoms with Crippen molar-refractivity contribution in [2.45, 2.75) is 47.0 Å². The lowest BCUT2D eigenvalue weighted by molar-refractivity contribution is -0.184. The van der Waals surface area contributed by atoms with Gasteiger partial charge in [-0.2, -0.15) is 0 Å². The van der Waals surface area contributed by atoms with Crippen LogP contribution in [0.3, 0.4) is 0 Å². The molecule has 0 aromatic rings. The van der Waals surface area contributed by atoms with Gasteiger partial charge < -0.3 is 9.47 Å². The van der Waals surface area contributed by atoms with E-state index in [4.69, 9.17) is 9.47 Å². The lowest BCUT2D eigenvalue weighted by Crippen LogP contribution is -2.23. The molecule has 0 spiro atoms. The lowest BCUT2D eigenvalue weighted by atomic mass is 10.2. The van der Waals surface area contributed by atoms with Gasteiger partial charge in [0.15, 0.2) is 6.29 Å². The predicted molar refractivity (Wildman–Crippen MR) is 46.6 cm³/mol. The Morgan fingerprint density at radius 1 is 1.08 bits per heavy atom. The summed E-state index contributed by atoms with van der Waals surface area (Å²) in [6, 6.07) is 0. The molecule has 3 heteroatoms. The second-order valence-electron chi connectivity index (χ2n) is 3.34. The average Bonchev–Trinajstić information content (AvgIpc) is 1.84. The normalized spacial score (nSPS) is 13.6. The van der Waals surface area contributed by atoms with Gasteiger partial charge in [-0.15, -0.1) is 0 Å². The zero-order valence-electron chi connectivity index (χ0n) is 8.46. The van der Waals surface area contributed by atoms with Gasteiger partial charge in [-0.05, 0) is 20.8 Å². The fourth-order valence-corrected chi connectivity index (χ4v) is 0.711. The third kappa shape index (κ3) is 5.13. The molecule has 0 aliphatic rings. The highest BCUT2D eigenvalue weighted by Gasteiger charge is 2.13. The first-order chi connectivity index (χ1) is 5.43. The van der Waals surface area contributed by atoms with Gasteiger partial charge in [0.1, 0.15) is 0 Å². The second-order valence-corrected chi connectivity index (χ2v) is 3.34. The van der Waals surface area contributed by atoms with E-state index < -0.39 is 6.29 Å². The summed E-state index contributed by atoms with van der Waals surface area (Å²) in [6.45, 7) is 9.12. The molecule has 0 aliphatic heterocycles. The van der Waals surface area contributed by atoms with Crippen LogP contribution in [0.1, 0.15) is 34.6 Å². The highest BCUT2D eigenvalue weighted by Crippen LogP contribution is 2.03. The maximum atomic E-state index is 11.0. The van der Waals surface area contributed by atoms with Gasteiger partial charge in [0.25, 0.3) is 0 Å². The van der Waals surface area contributed by atoms with Crippen LogP contribution in [0, 0.1) is 5.92 Å². The molecule has 0 aliphatic carbocycles. The second kappa shape index (κ2) is 5.14. The van der Waals surface area contributed by atoms with E-state index in [-0.39, 0.29) is 18.0 Å². The zero-order chi connectivity index (χ0) is 9.72. The average molecular weight is 174 g/mol. The first-order valence-electron chi connectivity index (χ1n) is 4.29. The van der Waals surface area contributed by atoms with Gasteiger partial charge >= 0.3 is 5.97 Å². The third-order valence-electron chi connectivity index (χ3n) is 1.22. The Morgan fingerprint density at radius 3 is 1.92 bits per heavy atom. The summed E-state index contributed by atoms with van der Waals surface area (Å²) in [5, 5.41) is 0. The molecule has 0 aromatic heterocycles. The molecule has 1 atom stereocenters. The molecule has 0 saturated heterocycles. The van der Waals surface area contributed by atoms with Crippen molar-refractivity contribution in [2.24, 2.45) is 5.92 Å². The summed E-state index contributed by atoms with van der Waals surface area (Å²) in [6.07, 6.45) is -0.361. The van der Waals surface area contributed by atoms with Crippen LogP contribution in [0.4, 0.5) is 0 Å². The fourth-order valence-electron chi connectivity index (χ4n) is 0.711. The first kappa shape index (κ1) is 11.4. The number of ether oxygens (including phenoxy) is 2. The van der Waals surface area contributed by atoms with E-state index in [9.17, 15) is 4.79 Å². The number of esters is 1. The van der Waals surface area contributed by atoms with Crippen LogP contribution in [0.25, 0.3) is 0 Å². The molecule has 0 aromatic carbocycles. The monoisotopic (exact) mass is 174 g/mol. The minimum absolute atomic E-state index is 0.0833. The smallest absolute Gasteiger partial charge is 0.310 e. The molecule has 0 saturated carbocycles. The van der Waals surface area contributed by atoms with E-state index in [0.717, 1.165) is 0 Å². The van der Waals surface area contributed by atoms with Gasteiger partial charge in [-0.25, -0.2) is 0 Å². The number of hydrogen-bond acceptors (Lipinski definition) is 3. The number of carbonyl (C=O) groups excluding carboxylic acids is 1. The highest BCUT2D eigenvalue weighted by molar-refractivity contribution is 5.71. The van der Waals surface area contributed by atoms with Gasteiger partial charge in [0.05, 0.1) is 12.0 Å². The Balaban J connectivity index is 3.69. The highest BCUT2D eigenvalue weighted by atomic mass is 16.7. The SMILES string of the molecule is CC(C)O[C@@H](C)OC(=O)C(C)C. The number of hydrogen-bond donors (Lipinski definition) is 0. The van der Waals surface area contributed by atoms with Gasteiger partial charge in [0.2, 0.25) is 0 Å². The molecule has 0 fully saturated rings. The van der Waals surface area contributed by atoms with Crippen LogP contribution in [0.15, 0.2) is 0 Å². The van der Waals surface area contributed by atoms with Crippen LogP contribution in [0.2, 0.25) is 0 Å². The quantitative estimate of drug-likeness (QED) is 0.482. The molecule has 0 radical (unpaired) electrons. The van der Waals surface area contributed by atoms with Gasteiger partial charge in [-0.3, -0.25) is 4.79 Å². The Morgan fingerprint density at radius 2 is 1.58 bits per heavy atom. The molecule has 12 heavy (non-hydrogen) atoms. The summed E-state index contributed by atoms with van der Waals surface area (Å²) in [5.74, 6) is -0.314. The van der Waals surface area contributed by atoms with Crippen molar-refractivity contribution in [1.82, 2.24) is 0 Å². The molecule has 0 unspecified atom stereocenters. The number of carbonyl (C=O) groups is 1. The zero-order valence-corrected chi connectivity index (χ0v) is 8.46. The van der Waals surface area contributed by atoms with E-state index in [0.29, 0.717) is 0 Å². The maximum absolute atomic E-state index is 11.0. The Hall–Kier alpha value is -0.570. The molecule has 3 nitrogen and oxygen atoms in total. The topological polar surface area (TPSA) is 35.5 Å². The summed E-state index contributed by atoms with van der Waals surface area (Å²) in [5.41, 5.74) is 0. The maximum Gasteiger partial charge on any atom is 0.310 e. The van der Waals surface area contributed by atoms with Crippen molar-refractivity contribution >= 4 is 5.97 Å². The van der Waals surface area contributed by atoms with Crippen LogP contribution >= 0.6 is 0 Å². The van der Waals surface area contributed by atoms with E-state index >= 15 is 0 Å². The summed E-state index contributed by atoms with van der Waals surface area (Å²) in [7, 11) is 0. The van der Waals surface area contributed by atoms with Crippen molar-refractivity contribution in [2.75, 3.05) is 0 Å². The van der Waals surface area contributed by atoms with Crippen molar-refractivity contribution in [3.05, 3.63) is 0 Å². The molecular formula is C9H18O3. The van der Waals surface area contributed by atoms with E-state index in [1.807, 2.05) is 13.8 Å². The first-order valence-corrected chi connectivity index (χ1v) is 4.29. The molecule has 0 rings (SSSR count). The minimum atomic E-state index is -0.445. The molecule has 0 amide bonds. The molecule has 0 heterocycles. The van der Waals surface area contributed by atoms with E-state index in [2.05, 4.69) is 0 Å². The summed E-state index contributed by atoms with van der Waals surface area (Å²) >= 11 is 0. The fraction of sp³-hybridized carbons (Fsp3) is 0.889. The molecular weight excluding hydrogens is 156 g/mol. The number of rotatable bonds is 4. The predicted octanol–water partition coefficient (Wildman–Crippen LogP) is 1.96. The van der Waals surface area contributed by atoms with Gasteiger partial charge in [0, 0.05) is 0 Å². The largest absolute Gasteiger partial charge is 0.436 e. The standard InChI is InChI=1S/C9H18O3/c1-6(2)9(10)12-8(5)11-7(3)4/h6-8H,1-5H3/t8-/m1/s1. The van der Waals surface area contributed by atoms with Gasteiger partial charge in [-0.1, -0.05) is 13.8 Å². The van der Waals surface area contributed by atoms with Crippen LogP contribution < -0.4 is 0 Å². The van der Waals surface area contributed by atoms with Crippen LogP contribution in [-0.2, 0) is 14.3 Å². The van der Waals surface area contributed by atoms with Crippen molar-refractivity contribution < 1.29 is 14.3 Å². The Kier molecular flexibility index (Phi) is 4.90. The van der Waals surface area contributed by atoms with Crippen molar-refractivity contribution in [1.29, 1.82) is 0 Å². The minimum Gasteiger partial charge on any atom is -0.436 e. The van der Waals surface area contributed by atoms with Crippen LogP contribution in [0.5, 0.6) is 0 Å². The Bertz CT molecular complexity index is 141. The van der Waals surface area contributed by atoms with Crippen molar-refractivity contribution in [3.8, 4) is 0 Å². The Labute approximate surface area is 74.0 Å². The van der Waals surface area contributed by atoms with Crippen LogP contribution in [-0.4, -0.2) is 18.4 Å². The lowest BCUT2D eigenvalue weighted by Gasteiger charge is -2.17. The summed E-state index contributed by atoms with van der Waals surface area (Å²) < 4.78 is 10.2. The van der Waals surface area contributed by atoms with E-state index in [1.54, 1.807) is 20.8 Å². The third-order valence-corrected chi connectivity index (χ3v) is 1.22. The molecule has 0 N–H and O–H groups in total. The molecule has 72 valence electrons.